The number of aliphatic imine (C=N–C) groups is 1. The van der Waals surface area contributed by atoms with Crippen LogP contribution in [0.5, 0.6) is 0 Å². The molecule has 0 aliphatic carbocycles. The number of phosphoric acid groups is 1. The molecular weight excluding hydrogens is 828 g/mol. The van der Waals surface area contributed by atoms with E-state index in [0.717, 1.165) is 11.6 Å². The van der Waals surface area contributed by atoms with Crippen LogP contribution in [-0.4, -0.2) is 48.4 Å². The highest BCUT2D eigenvalue weighted by Gasteiger charge is 2.45. The second-order valence-electron chi connectivity index (χ2n) is 15.1. The van der Waals surface area contributed by atoms with Gasteiger partial charge < -0.3 is 19.2 Å². The number of nitriles is 1. The Kier molecular flexibility index (Phi) is 20.3. The number of phosphoric ester groups is 1. The van der Waals surface area contributed by atoms with Gasteiger partial charge in [0, 0.05) is 29.6 Å². The molecule has 61 heavy (non-hydrogen) atoms. The van der Waals surface area contributed by atoms with Crippen molar-refractivity contribution in [3.8, 4) is 17.3 Å². The number of ether oxygens (including phenoxy) is 3. The van der Waals surface area contributed by atoms with Crippen molar-refractivity contribution in [1.29, 1.82) is 5.26 Å². The molecule has 1 aromatic heterocycles. The zero-order chi connectivity index (χ0) is 46.0. The molecule has 4 aromatic rings. The van der Waals surface area contributed by atoms with E-state index in [1.54, 1.807) is 117 Å². The molecule has 16 heteroatoms. The molecule has 0 radical (unpaired) electrons. The van der Waals surface area contributed by atoms with E-state index in [4.69, 9.17) is 38.0 Å². The Morgan fingerprint density at radius 3 is 2.03 bits per heavy atom. The van der Waals surface area contributed by atoms with Gasteiger partial charge in [0.25, 0.3) is 0 Å². The first-order valence-corrected chi connectivity index (χ1v) is 21.6. The summed E-state index contributed by atoms with van der Waals surface area (Å²) in [7, 11) is -2.22. The molecule has 0 aliphatic heterocycles. The normalized spacial score (nSPS) is 13.0. The SMILES string of the molecule is C=CC.CC=NC.CC[C@](OC(=O)OCOC(=O)c1ccc(COP(=O)(OC(C)(C)C)OC(C)(C)C)cc1)(c1ccc(F)cc1F)C(C)c1nc(-c2ccc(C#N)cc2)cs1. The van der Waals surface area contributed by atoms with Crippen LogP contribution < -0.4 is 0 Å². The minimum absolute atomic E-state index is 0.0353. The van der Waals surface area contributed by atoms with Crippen molar-refractivity contribution >= 4 is 37.5 Å². The van der Waals surface area contributed by atoms with Crippen molar-refractivity contribution in [2.45, 2.75) is 105 Å². The van der Waals surface area contributed by atoms with Crippen molar-refractivity contribution in [2.24, 2.45) is 4.99 Å². The quantitative estimate of drug-likeness (QED) is 0.0390. The van der Waals surface area contributed by atoms with E-state index in [-0.39, 0.29) is 24.2 Å². The number of carbonyl (C=O) groups excluding carboxylic acids is 2. The van der Waals surface area contributed by atoms with Crippen LogP contribution in [-0.2, 0) is 44.6 Å². The summed E-state index contributed by atoms with van der Waals surface area (Å²) in [6.07, 6.45) is 2.27. The topological polar surface area (TPSA) is 156 Å². The maximum Gasteiger partial charge on any atom is 0.512 e. The lowest BCUT2D eigenvalue weighted by Gasteiger charge is -2.37. The highest BCUT2D eigenvalue weighted by Crippen LogP contribution is 2.56. The number of allylic oxidation sites excluding steroid dienone is 1. The number of benzene rings is 3. The molecule has 0 spiro atoms. The fourth-order valence-corrected chi connectivity index (χ4v) is 8.10. The van der Waals surface area contributed by atoms with Gasteiger partial charge in [0.05, 0.1) is 46.6 Å². The minimum Gasteiger partial charge on any atom is -0.424 e. The summed E-state index contributed by atoms with van der Waals surface area (Å²) < 4.78 is 75.6. The third-order valence-corrected chi connectivity index (χ3v) is 11.1. The van der Waals surface area contributed by atoms with Gasteiger partial charge in [-0.1, -0.05) is 44.2 Å². The maximum atomic E-state index is 15.4. The Morgan fingerprint density at radius 1 is 0.967 bits per heavy atom. The second kappa shape index (κ2) is 23.8. The third-order valence-electron chi connectivity index (χ3n) is 8.05. The van der Waals surface area contributed by atoms with Crippen LogP contribution in [0.1, 0.15) is 114 Å². The number of esters is 1. The Morgan fingerprint density at radius 2 is 1.54 bits per heavy atom. The molecule has 0 saturated carbocycles. The first kappa shape index (κ1) is 52.0. The van der Waals surface area contributed by atoms with Crippen LogP contribution in [0.15, 0.2) is 89.8 Å². The summed E-state index contributed by atoms with van der Waals surface area (Å²) in [6.45, 7) is 19.9. The van der Waals surface area contributed by atoms with E-state index in [0.29, 0.717) is 27.9 Å². The van der Waals surface area contributed by atoms with Gasteiger partial charge in [0.1, 0.15) is 16.6 Å². The number of hydrogen-bond acceptors (Lipinski definition) is 13. The van der Waals surface area contributed by atoms with Crippen molar-refractivity contribution in [3.63, 3.8) is 0 Å². The summed E-state index contributed by atoms with van der Waals surface area (Å²) in [5, 5.41) is 11.4. The van der Waals surface area contributed by atoms with E-state index in [1.165, 1.54) is 29.5 Å². The highest BCUT2D eigenvalue weighted by atomic mass is 32.1. The number of carbonyl (C=O) groups is 2. The molecule has 1 heterocycles. The van der Waals surface area contributed by atoms with Gasteiger partial charge in [-0.3, -0.25) is 13.6 Å². The molecule has 0 saturated heterocycles. The molecule has 0 fully saturated rings. The summed E-state index contributed by atoms with van der Waals surface area (Å²) in [4.78, 5) is 34.2. The fourth-order valence-electron chi connectivity index (χ4n) is 5.34. The minimum atomic E-state index is -3.97. The van der Waals surface area contributed by atoms with Crippen LogP contribution in [0, 0.1) is 23.0 Å². The third kappa shape index (κ3) is 16.7. The van der Waals surface area contributed by atoms with Gasteiger partial charge in [-0.2, -0.15) is 5.26 Å². The second-order valence-corrected chi connectivity index (χ2v) is 17.6. The Hall–Kier alpha value is -5.10. The summed E-state index contributed by atoms with van der Waals surface area (Å²) >= 11 is 1.26. The van der Waals surface area contributed by atoms with Crippen molar-refractivity contribution in [1.82, 2.24) is 4.98 Å². The Bertz CT molecular complexity index is 2140. The van der Waals surface area contributed by atoms with Crippen molar-refractivity contribution < 1.29 is 50.7 Å². The van der Waals surface area contributed by atoms with Gasteiger partial charge in [-0.05, 0) is 110 Å². The average molecular weight is 884 g/mol. The lowest BCUT2D eigenvalue weighted by atomic mass is 9.79. The summed E-state index contributed by atoms with van der Waals surface area (Å²) in [5.41, 5.74) is -0.938. The Balaban J connectivity index is 0.00000170. The first-order valence-electron chi connectivity index (χ1n) is 19.2. The molecule has 330 valence electrons. The van der Waals surface area contributed by atoms with Gasteiger partial charge in [-0.15, -0.1) is 17.9 Å². The zero-order valence-corrected chi connectivity index (χ0v) is 38.3. The van der Waals surface area contributed by atoms with E-state index in [2.05, 4.69) is 17.6 Å². The van der Waals surface area contributed by atoms with Gasteiger partial charge in [0.2, 0.25) is 6.79 Å². The largest absolute Gasteiger partial charge is 0.512 e. The van der Waals surface area contributed by atoms with Crippen LogP contribution in [0.2, 0.25) is 0 Å². The molecule has 0 amide bonds. The monoisotopic (exact) mass is 883 g/mol. The fraction of sp³-hybridized carbons (Fsp3) is 0.400. The van der Waals surface area contributed by atoms with Crippen LogP contribution in [0.3, 0.4) is 0 Å². The lowest BCUT2D eigenvalue weighted by Crippen LogP contribution is -2.38. The molecule has 4 rings (SSSR count). The number of thiazole rings is 1. The molecule has 3 aromatic carbocycles. The number of hydrogen-bond donors (Lipinski definition) is 0. The zero-order valence-electron chi connectivity index (χ0n) is 36.6. The number of rotatable bonds is 14. The van der Waals surface area contributed by atoms with E-state index in [9.17, 15) is 18.5 Å². The molecule has 0 N–H and O–H groups in total. The van der Waals surface area contributed by atoms with Gasteiger partial charge >= 0.3 is 19.9 Å². The smallest absolute Gasteiger partial charge is 0.424 e. The molecule has 0 bridgehead atoms. The average Bonchev–Trinajstić information content (AvgIpc) is 3.69. The molecular formula is C45H56F2N3O9PS. The number of halogens is 2. The molecule has 1 unspecified atom stereocenters. The van der Waals surface area contributed by atoms with Crippen molar-refractivity contribution in [3.05, 3.63) is 124 Å². The summed E-state index contributed by atoms with van der Waals surface area (Å²) in [6, 6.07) is 17.9. The number of aromatic nitrogens is 1. The number of nitrogens with zero attached hydrogens (tertiary/aromatic N) is 3. The predicted molar refractivity (Wildman–Crippen MR) is 233 cm³/mol. The van der Waals surface area contributed by atoms with E-state index in [1.807, 2.05) is 13.8 Å². The summed E-state index contributed by atoms with van der Waals surface area (Å²) in [5.74, 6) is -3.34. The molecule has 0 aliphatic rings. The maximum absolute atomic E-state index is 15.4. The first-order chi connectivity index (χ1) is 28.6. The van der Waals surface area contributed by atoms with Gasteiger partial charge in [0.15, 0.2) is 5.60 Å². The Labute approximate surface area is 362 Å². The van der Waals surface area contributed by atoms with Crippen molar-refractivity contribution in [2.75, 3.05) is 13.8 Å². The lowest BCUT2D eigenvalue weighted by molar-refractivity contribution is -0.0819. The standard InChI is InChI=1S/C39H43F2N2O9PS.C3H7N.C3H6/c1-9-39(31-19-18-30(40)20-32(31)41,25(2)34-43-33(23-54-34)28-14-10-26(21-42)11-15-28)50-36(45)48-24-47-35(44)29-16-12-27(13-17-29)22-49-53(46,51-37(3,4)5)52-38(6,7)8;1-3-4-2;1-3-2/h10-20,23,25H,9,22,24H2,1-8H3;3H,1-2H3;3H,1H2,2H3/t25?,39-;;/m1../s1. The highest BCUT2D eigenvalue weighted by molar-refractivity contribution is 7.48. The molecule has 2 atom stereocenters. The van der Waals surface area contributed by atoms with Crippen LogP contribution in [0.4, 0.5) is 13.6 Å². The predicted octanol–water partition coefficient (Wildman–Crippen LogP) is 12.5. The van der Waals surface area contributed by atoms with E-state index < -0.39 is 61.1 Å². The molecule has 12 nitrogen and oxygen atoms in total. The van der Waals surface area contributed by atoms with E-state index >= 15 is 4.39 Å². The van der Waals surface area contributed by atoms with Gasteiger partial charge in [-0.25, -0.2) is 27.9 Å². The van der Waals surface area contributed by atoms with Crippen LogP contribution in [0.25, 0.3) is 11.3 Å². The van der Waals surface area contributed by atoms with Crippen LogP contribution >= 0.6 is 19.2 Å².